The summed E-state index contributed by atoms with van der Waals surface area (Å²) < 4.78 is 0. The molecule has 0 saturated carbocycles. The highest BCUT2D eigenvalue weighted by Crippen LogP contribution is 2.11. The molecule has 1 amide bonds. The lowest BCUT2D eigenvalue weighted by molar-refractivity contribution is -0.122. The van der Waals surface area contributed by atoms with Gasteiger partial charge < -0.3 is 5.32 Å². The summed E-state index contributed by atoms with van der Waals surface area (Å²) in [7, 11) is 0. The zero-order valence-corrected chi connectivity index (χ0v) is 13.6. The number of nitrogens with zero attached hydrogens (tertiary/aromatic N) is 1. The van der Waals surface area contributed by atoms with Crippen molar-refractivity contribution < 1.29 is 4.79 Å². The first-order valence-corrected chi connectivity index (χ1v) is 8.19. The summed E-state index contributed by atoms with van der Waals surface area (Å²) >= 11 is 7.53. The van der Waals surface area contributed by atoms with E-state index in [1.165, 1.54) is 4.88 Å². The van der Waals surface area contributed by atoms with E-state index in [0.29, 0.717) is 13.1 Å². The average Bonchev–Trinajstić information content (AvgIpc) is 3.00. The van der Waals surface area contributed by atoms with E-state index in [2.05, 4.69) is 17.1 Å². The van der Waals surface area contributed by atoms with Crippen molar-refractivity contribution in [2.75, 3.05) is 13.1 Å². The Labute approximate surface area is 134 Å². The van der Waals surface area contributed by atoms with Gasteiger partial charge >= 0.3 is 0 Å². The topological polar surface area (TPSA) is 32.3 Å². The minimum Gasteiger partial charge on any atom is -0.350 e. The smallest absolute Gasteiger partial charge is 0.234 e. The number of carbonyl (C=O) groups is 1. The fourth-order valence-corrected chi connectivity index (χ4v) is 2.76. The third-order valence-electron chi connectivity index (χ3n) is 3.17. The number of amides is 1. The first kappa shape index (κ1) is 16.0. The number of thiophene rings is 1. The number of halogens is 1. The molecule has 0 saturated heterocycles. The van der Waals surface area contributed by atoms with Crippen molar-refractivity contribution in [1.29, 1.82) is 0 Å². The van der Waals surface area contributed by atoms with Crippen LogP contribution in [0.1, 0.15) is 17.4 Å². The third-order valence-corrected chi connectivity index (χ3v) is 4.30. The minimum absolute atomic E-state index is 0.0548. The van der Waals surface area contributed by atoms with E-state index in [-0.39, 0.29) is 5.91 Å². The maximum atomic E-state index is 12.0. The van der Waals surface area contributed by atoms with Gasteiger partial charge in [0.25, 0.3) is 0 Å². The standard InChI is InChI=1S/C16H19ClN2OS/c1-2-19(11-13-5-7-14(17)8-6-13)12-16(20)18-10-15-4-3-9-21-15/h3-9H,2,10-12H2,1H3,(H,18,20). The van der Waals surface area contributed by atoms with Gasteiger partial charge in [-0.1, -0.05) is 36.7 Å². The number of benzene rings is 1. The SMILES string of the molecule is CCN(CC(=O)NCc1cccs1)Cc1ccc(Cl)cc1. The lowest BCUT2D eigenvalue weighted by Gasteiger charge is -2.19. The number of carbonyl (C=O) groups excluding carboxylic acids is 1. The summed E-state index contributed by atoms with van der Waals surface area (Å²) in [5.74, 6) is 0.0548. The maximum absolute atomic E-state index is 12.0. The Morgan fingerprint density at radius 1 is 1.29 bits per heavy atom. The van der Waals surface area contributed by atoms with E-state index in [4.69, 9.17) is 11.6 Å². The van der Waals surface area contributed by atoms with Gasteiger partial charge in [-0.15, -0.1) is 11.3 Å². The van der Waals surface area contributed by atoms with Gasteiger partial charge in [0.15, 0.2) is 0 Å². The van der Waals surface area contributed by atoms with Crippen LogP contribution in [0, 0.1) is 0 Å². The third kappa shape index (κ3) is 5.50. The maximum Gasteiger partial charge on any atom is 0.234 e. The summed E-state index contributed by atoms with van der Waals surface area (Å²) in [5, 5.41) is 5.70. The van der Waals surface area contributed by atoms with Gasteiger partial charge in [0.05, 0.1) is 13.1 Å². The second kappa shape index (κ2) is 8.17. The summed E-state index contributed by atoms with van der Waals surface area (Å²) in [5.41, 5.74) is 1.16. The summed E-state index contributed by atoms with van der Waals surface area (Å²) in [6, 6.07) is 11.8. The Balaban J connectivity index is 1.80. The van der Waals surface area contributed by atoms with Crippen molar-refractivity contribution in [3.05, 3.63) is 57.2 Å². The van der Waals surface area contributed by atoms with Crippen LogP contribution in [0.25, 0.3) is 0 Å². The zero-order chi connectivity index (χ0) is 15.1. The van der Waals surface area contributed by atoms with Crippen LogP contribution in [0.15, 0.2) is 41.8 Å². The molecule has 0 radical (unpaired) electrons. The Morgan fingerprint density at radius 3 is 2.67 bits per heavy atom. The fourth-order valence-electron chi connectivity index (χ4n) is 1.99. The predicted octanol–water partition coefficient (Wildman–Crippen LogP) is 3.54. The van der Waals surface area contributed by atoms with E-state index in [1.54, 1.807) is 11.3 Å². The molecule has 2 aromatic rings. The van der Waals surface area contributed by atoms with Crippen LogP contribution >= 0.6 is 22.9 Å². The molecule has 0 bridgehead atoms. The van der Waals surface area contributed by atoms with Crippen LogP contribution in [0.3, 0.4) is 0 Å². The molecule has 0 fully saturated rings. The molecule has 1 heterocycles. The number of hydrogen-bond acceptors (Lipinski definition) is 3. The molecule has 1 N–H and O–H groups in total. The Hall–Kier alpha value is -1.36. The fraction of sp³-hybridized carbons (Fsp3) is 0.312. The van der Waals surface area contributed by atoms with Crippen molar-refractivity contribution in [2.45, 2.75) is 20.0 Å². The van der Waals surface area contributed by atoms with E-state index < -0.39 is 0 Å². The Morgan fingerprint density at radius 2 is 2.05 bits per heavy atom. The molecular weight excluding hydrogens is 304 g/mol. The molecule has 0 aliphatic rings. The van der Waals surface area contributed by atoms with Crippen molar-refractivity contribution in [3.63, 3.8) is 0 Å². The summed E-state index contributed by atoms with van der Waals surface area (Å²) in [6.07, 6.45) is 0. The Bertz CT molecular complexity index is 554. The summed E-state index contributed by atoms with van der Waals surface area (Å²) in [6.45, 7) is 4.65. The molecule has 0 aliphatic carbocycles. The van der Waals surface area contributed by atoms with Crippen molar-refractivity contribution >= 4 is 28.8 Å². The minimum atomic E-state index is 0.0548. The monoisotopic (exact) mass is 322 g/mol. The highest BCUT2D eigenvalue weighted by Gasteiger charge is 2.09. The van der Waals surface area contributed by atoms with Crippen LogP contribution < -0.4 is 5.32 Å². The average molecular weight is 323 g/mol. The van der Waals surface area contributed by atoms with Crippen molar-refractivity contribution in [3.8, 4) is 0 Å². The van der Waals surface area contributed by atoms with E-state index in [0.717, 1.165) is 23.7 Å². The molecule has 2 rings (SSSR count). The number of likely N-dealkylation sites (N-methyl/N-ethyl adjacent to an activating group) is 1. The predicted molar refractivity (Wildman–Crippen MR) is 88.6 cm³/mol. The Kier molecular flexibility index (Phi) is 6.23. The van der Waals surface area contributed by atoms with E-state index in [9.17, 15) is 4.79 Å². The number of rotatable bonds is 7. The first-order chi connectivity index (χ1) is 10.2. The molecule has 112 valence electrons. The van der Waals surface area contributed by atoms with Crippen LogP contribution in [-0.2, 0) is 17.9 Å². The molecule has 1 aromatic carbocycles. The van der Waals surface area contributed by atoms with Gasteiger partial charge in [-0.25, -0.2) is 0 Å². The normalized spacial score (nSPS) is 10.8. The second-order valence-electron chi connectivity index (χ2n) is 4.79. The van der Waals surface area contributed by atoms with E-state index in [1.807, 2.05) is 41.8 Å². The molecule has 1 aromatic heterocycles. The quantitative estimate of drug-likeness (QED) is 0.845. The number of hydrogen-bond donors (Lipinski definition) is 1. The molecule has 0 spiro atoms. The van der Waals surface area contributed by atoms with Gasteiger partial charge in [-0.3, -0.25) is 9.69 Å². The van der Waals surface area contributed by atoms with Gasteiger partial charge in [0, 0.05) is 16.4 Å². The first-order valence-electron chi connectivity index (χ1n) is 6.93. The lowest BCUT2D eigenvalue weighted by atomic mass is 10.2. The molecule has 0 atom stereocenters. The molecule has 0 unspecified atom stereocenters. The molecule has 0 aliphatic heterocycles. The molecule has 3 nitrogen and oxygen atoms in total. The van der Waals surface area contributed by atoms with Crippen LogP contribution in [-0.4, -0.2) is 23.9 Å². The van der Waals surface area contributed by atoms with Gasteiger partial charge in [-0.2, -0.15) is 0 Å². The van der Waals surface area contributed by atoms with Gasteiger partial charge in [-0.05, 0) is 35.7 Å². The van der Waals surface area contributed by atoms with Gasteiger partial charge in [0.2, 0.25) is 5.91 Å². The molecule has 5 heteroatoms. The van der Waals surface area contributed by atoms with Crippen LogP contribution in [0.4, 0.5) is 0 Å². The van der Waals surface area contributed by atoms with Crippen LogP contribution in [0.2, 0.25) is 5.02 Å². The molecule has 21 heavy (non-hydrogen) atoms. The second-order valence-corrected chi connectivity index (χ2v) is 6.25. The molecular formula is C16H19ClN2OS. The van der Waals surface area contributed by atoms with Gasteiger partial charge in [0.1, 0.15) is 0 Å². The van der Waals surface area contributed by atoms with Crippen molar-refractivity contribution in [1.82, 2.24) is 10.2 Å². The zero-order valence-electron chi connectivity index (χ0n) is 12.0. The highest BCUT2D eigenvalue weighted by molar-refractivity contribution is 7.09. The lowest BCUT2D eigenvalue weighted by Crippen LogP contribution is -2.36. The number of nitrogens with one attached hydrogen (secondary N) is 1. The largest absolute Gasteiger partial charge is 0.350 e. The highest BCUT2D eigenvalue weighted by atomic mass is 35.5. The summed E-state index contributed by atoms with van der Waals surface area (Å²) in [4.78, 5) is 15.3. The van der Waals surface area contributed by atoms with E-state index >= 15 is 0 Å². The van der Waals surface area contributed by atoms with Crippen LogP contribution in [0.5, 0.6) is 0 Å². The van der Waals surface area contributed by atoms with Crippen molar-refractivity contribution in [2.24, 2.45) is 0 Å².